The summed E-state index contributed by atoms with van der Waals surface area (Å²) in [5, 5.41) is 0. The quantitative estimate of drug-likeness (QED) is 0.484. The van der Waals surface area contributed by atoms with E-state index in [0.717, 1.165) is 5.57 Å². The summed E-state index contributed by atoms with van der Waals surface area (Å²) in [6, 6.07) is 0. The lowest BCUT2D eigenvalue weighted by atomic mass is 9.97. The summed E-state index contributed by atoms with van der Waals surface area (Å²) in [5.74, 6) is 0. The van der Waals surface area contributed by atoms with E-state index in [1.54, 1.807) is 12.2 Å². The molecule has 0 saturated carbocycles. The summed E-state index contributed by atoms with van der Waals surface area (Å²) in [6.07, 6.45) is 3.29. The fraction of sp³-hybridized carbons (Fsp3) is 0.125. The number of allylic oxidation sites excluding steroid dienone is 4. The summed E-state index contributed by atoms with van der Waals surface area (Å²) in [6.45, 7) is 5.47. The van der Waals surface area contributed by atoms with Gasteiger partial charge < -0.3 is 5.73 Å². The molecule has 0 aromatic heterocycles. The summed E-state index contributed by atoms with van der Waals surface area (Å²) in [7, 11) is 0. The third-order valence-corrected chi connectivity index (χ3v) is 1.61. The van der Waals surface area contributed by atoms with Crippen molar-refractivity contribution in [3.63, 3.8) is 0 Å². The molecule has 1 aliphatic rings. The van der Waals surface area contributed by atoms with Gasteiger partial charge in [-0.25, -0.2) is 0 Å². The number of nitrogens with zero attached hydrogens (tertiary/aromatic N) is 1. The van der Waals surface area contributed by atoms with E-state index in [9.17, 15) is 4.91 Å². The van der Waals surface area contributed by atoms with Gasteiger partial charge in [0.25, 0.3) is 0 Å². The molecule has 0 unspecified atom stereocenters. The molecular formula is C8H9N2O+. The zero-order valence-corrected chi connectivity index (χ0v) is 6.22. The standard InChI is InChI=1S/C8H8N2O/c1-5-3-4-7(9)8(10-11)6(5)2/h3-4,9H,2H2,1H3/p+1. The SMILES string of the molecule is C=C1C(C)=CC=C([NH-])C1=[N+]=O.[H+]. The highest BCUT2D eigenvalue weighted by atomic mass is 16.2. The van der Waals surface area contributed by atoms with Gasteiger partial charge in [-0.15, -0.1) is 0 Å². The molecule has 0 aromatic carbocycles. The lowest BCUT2D eigenvalue weighted by Crippen LogP contribution is -2.09. The minimum Gasteiger partial charge on any atom is -0.692 e. The van der Waals surface area contributed by atoms with Crippen molar-refractivity contribution >= 4 is 5.71 Å². The zero-order chi connectivity index (χ0) is 8.43. The van der Waals surface area contributed by atoms with Crippen LogP contribution in [-0.2, 0) is 0 Å². The monoisotopic (exact) mass is 149 g/mol. The Morgan fingerprint density at radius 2 is 2.27 bits per heavy atom. The molecule has 0 heterocycles. The predicted octanol–water partition coefficient (Wildman–Crippen LogP) is 1.83. The molecule has 3 heteroatoms. The van der Waals surface area contributed by atoms with Crippen LogP contribution in [0, 0.1) is 4.91 Å². The average Bonchev–Trinajstić information content (AvgIpc) is 1.99. The first-order valence-electron chi connectivity index (χ1n) is 3.17. The molecule has 3 nitrogen and oxygen atoms in total. The summed E-state index contributed by atoms with van der Waals surface area (Å²) in [4.78, 5) is 12.9. The van der Waals surface area contributed by atoms with Crippen LogP contribution in [0.15, 0.2) is 35.6 Å². The van der Waals surface area contributed by atoms with Gasteiger partial charge in [-0.1, -0.05) is 18.7 Å². The highest BCUT2D eigenvalue weighted by molar-refractivity contribution is 6.15. The van der Waals surface area contributed by atoms with Crippen LogP contribution in [0.1, 0.15) is 8.35 Å². The molecule has 0 atom stereocenters. The molecule has 0 saturated heterocycles. The summed E-state index contributed by atoms with van der Waals surface area (Å²) < 4.78 is 0. The van der Waals surface area contributed by atoms with E-state index in [1.807, 2.05) is 6.92 Å². The Hall–Kier alpha value is -1.60. The fourth-order valence-electron chi connectivity index (χ4n) is 0.841. The smallest absolute Gasteiger partial charge is 0.692 e. The highest BCUT2D eigenvalue weighted by Gasteiger charge is 2.20. The number of rotatable bonds is 0. The molecule has 0 spiro atoms. The lowest BCUT2D eigenvalue weighted by molar-refractivity contribution is 1.41. The van der Waals surface area contributed by atoms with Crippen LogP contribution in [0.5, 0.6) is 0 Å². The fourth-order valence-corrected chi connectivity index (χ4v) is 0.841. The number of hydrogen-bond acceptors (Lipinski definition) is 1. The van der Waals surface area contributed by atoms with Gasteiger partial charge in [0, 0.05) is 0 Å². The van der Waals surface area contributed by atoms with Gasteiger partial charge in [0.15, 0.2) is 4.91 Å². The second kappa shape index (κ2) is 2.56. The Balaban J connectivity index is 0.00000121. The largest absolute Gasteiger partial charge is 1.00 e. The number of nitrogens with one attached hydrogen (secondary N) is 1. The van der Waals surface area contributed by atoms with Crippen molar-refractivity contribution in [1.82, 2.24) is 4.85 Å². The Morgan fingerprint density at radius 3 is 2.73 bits per heavy atom. The molecule has 0 aromatic rings. The van der Waals surface area contributed by atoms with Crippen LogP contribution >= 0.6 is 0 Å². The molecule has 0 radical (unpaired) electrons. The van der Waals surface area contributed by atoms with E-state index in [1.165, 1.54) is 0 Å². The first kappa shape index (κ1) is 7.51. The van der Waals surface area contributed by atoms with Crippen molar-refractivity contribution in [2.45, 2.75) is 6.92 Å². The van der Waals surface area contributed by atoms with Crippen molar-refractivity contribution < 1.29 is 1.43 Å². The van der Waals surface area contributed by atoms with Crippen molar-refractivity contribution in [3.05, 3.63) is 46.2 Å². The first-order chi connectivity index (χ1) is 5.16. The second-order valence-corrected chi connectivity index (χ2v) is 2.35. The van der Waals surface area contributed by atoms with Crippen LogP contribution in [-0.4, -0.2) is 5.71 Å². The van der Waals surface area contributed by atoms with E-state index in [-0.39, 0.29) is 12.8 Å². The van der Waals surface area contributed by atoms with Crippen molar-refractivity contribution in [2.24, 2.45) is 0 Å². The zero-order valence-electron chi connectivity index (χ0n) is 7.22. The van der Waals surface area contributed by atoms with Crippen LogP contribution < -0.4 is 4.85 Å². The summed E-state index contributed by atoms with van der Waals surface area (Å²) in [5.41, 5.74) is 8.99. The van der Waals surface area contributed by atoms with E-state index >= 15 is 0 Å². The maximum Gasteiger partial charge on any atom is 1.00 e. The second-order valence-electron chi connectivity index (χ2n) is 2.35. The maximum absolute atomic E-state index is 10.2. The molecule has 0 amide bonds. The van der Waals surface area contributed by atoms with Crippen LogP contribution in [0.2, 0.25) is 0 Å². The maximum atomic E-state index is 10.2. The molecule has 1 N–H and O–H groups in total. The van der Waals surface area contributed by atoms with Gasteiger partial charge in [-0.05, 0) is 18.2 Å². The van der Waals surface area contributed by atoms with E-state index in [4.69, 9.17) is 5.73 Å². The van der Waals surface area contributed by atoms with Gasteiger partial charge in [0.05, 0.1) is 5.57 Å². The third-order valence-electron chi connectivity index (χ3n) is 1.61. The molecule has 0 aliphatic heterocycles. The van der Waals surface area contributed by atoms with E-state index in [0.29, 0.717) is 5.57 Å². The number of nitroso groups, excluding NO2 is 1. The normalized spacial score (nSPS) is 17.2. The van der Waals surface area contributed by atoms with Crippen molar-refractivity contribution in [3.8, 4) is 0 Å². The van der Waals surface area contributed by atoms with Crippen LogP contribution in [0.25, 0.3) is 5.73 Å². The summed E-state index contributed by atoms with van der Waals surface area (Å²) >= 11 is 0. The topological polar surface area (TPSA) is 55.0 Å². The highest BCUT2D eigenvalue weighted by Crippen LogP contribution is 2.18. The molecule has 0 fully saturated rings. The van der Waals surface area contributed by atoms with Crippen molar-refractivity contribution in [1.29, 1.82) is 0 Å². The molecular weight excluding hydrogens is 140 g/mol. The van der Waals surface area contributed by atoms with Gasteiger partial charge in [0.2, 0.25) is 4.85 Å². The molecule has 11 heavy (non-hydrogen) atoms. The Kier molecular flexibility index (Phi) is 1.75. The van der Waals surface area contributed by atoms with E-state index in [2.05, 4.69) is 11.4 Å². The van der Waals surface area contributed by atoms with Crippen LogP contribution in [0.3, 0.4) is 0 Å². The molecule has 56 valence electrons. The van der Waals surface area contributed by atoms with Gasteiger partial charge in [-0.2, -0.15) is 0 Å². The minimum atomic E-state index is 0. The average molecular weight is 149 g/mol. The van der Waals surface area contributed by atoms with Gasteiger partial charge in [0.1, 0.15) is 0 Å². The minimum absolute atomic E-state index is 0. The Morgan fingerprint density at radius 1 is 1.64 bits per heavy atom. The Bertz CT molecular complexity index is 318. The molecule has 1 rings (SSSR count). The van der Waals surface area contributed by atoms with Gasteiger partial charge >= 0.3 is 7.14 Å². The third kappa shape index (κ3) is 1.14. The first-order valence-corrected chi connectivity index (χ1v) is 3.17. The predicted molar refractivity (Wildman–Crippen MR) is 46.9 cm³/mol. The van der Waals surface area contributed by atoms with Crippen molar-refractivity contribution in [2.75, 3.05) is 0 Å². The molecule has 0 bridgehead atoms. The lowest BCUT2D eigenvalue weighted by Gasteiger charge is -2.08. The van der Waals surface area contributed by atoms with Crippen LogP contribution in [0.4, 0.5) is 0 Å². The Labute approximate surface area is 66.1 Å². The van der Waals surface area contributed by atoms with Gasteiger partial charge in [-0.3, -0.25) is 0 Å². The van der Waals surface area contributed by atoms with E-state index < -0.39 is 0 Å². The molecule has 1 aliphatic carbocycles. The number of hydrogen-bond donors (Lipinski definition) is 0.